The van der Waals surface area contributed by atoms with Crippen LogP contribution in [0.2, 0.25) is 0 Å². The van der Waals surface area contributed by atoms with Crippen molar-refractivity contribution in [2.24, 2.45) is 5.73 Å². The van der Waals surface area contributed by atoms with Gasteiger partial charge in [0.1, 0.15) is 16.9 Å². The molecule has 0 aliphatic heterocycles. The van der Waals surface area contributed by atoms with Crippen LogP contribution in [0.3, 0.4) is 0 Å². The summed E-state index contributed by atoms with van der Waals surface area (Å²) in [5.41, 5.74) is 9.80. The second-order valence-electron chi connectivity index (χ2n) is 6.24. The third kappa shape index (κ3) is 2.79. The SMILES string of the molecule is Cc1oc2c(C)c3oc(=O)cc(C)c3cc2c1CCCCCN. The zero-order chi connectivity index (χ0) is 16.6. The molecule has 0 radical (unpaired) electrons. The van der Waals surface area contributed by atoms with Crippen LogP contribution in [-0.2, 0) is 6.42 Å². The summed E-state index contributed by atoms with van der Waals surface area (Å²) in [5, 5.41) is 2.12. The van der Waals surface area contributed by atoms with E-state index in [-0.39, 0.29) is 5.63 Å². The predicted molar refractivity (Wildman–Crippen MR) is 93.1 cm³/mol. The van der Waals surface area contributed by atoms with Crippen LogP contribution in [-0.4, -0.2) is 6.54 Å². The molecule has 2 N–H and O–H groups in total. The molecule has 2 heterocycles. The third-order valence-corrected chi connectivity index (χ3v) is 4.56. The molecule has 0 atom stereocenters. The quantitative estimate of drug-likeness (QED) is 0.568. The first-order valence-electron chi connectivity index (χ1n) is 8.19. The Bertz CT molecular complexity index is 918. The highest BCUT2D eigenvalue weighted by atomic mass is 16.4. The number of hydrogen-bond acceptors (Lipinski definition) is 4. The number of fused-ring (bicyclic) bond motifs is 2. The molecule has 0 amide bonds. The molecule has 0 aliphatic carbocycles. The van der Waals surface area contributed by atoms with Crippen LogP contribution in [0.25, 0.3) is 21.9 Å². The third-order valence-electron chi connectivity index (χ3n) is 4.56. The number of hydrogen-bond donors (Lipinski definition) is 1. The average molecular weight is 313 g/mol. The molecular weight excluding hydrogens is 290 g/mol. The molecule has 3 aromatic rings. The Morgan fingerprint density at radius 2 is 1.70 bits per heavy atom. The molecule has 4 nitrogen and oxygen atoms in total. The maximum absolute atomic E-state index is 11.7. The van der Waals surface area contributed by atoms with E-state index < -0.39 is 0 Å². The molecular formula is C19H23NO3. The van der Waals surface area contributed by atoms with Crippen LogP contribution in [0, 0.1) is 20.8 Å². The molecule has 122 valence electrons. The van der Waals surface area contributed by atoms with E-state index in [1.807, 2.05) is 20.8 Å². The lowest BCUT2D eigenvalue weighted by molar-refractivity contribution is 0.549. The minimum atomic E-state index is -0.317. The highest BCUT2D eigenvalue weighted by Gasteiger charge is 2.17. The summed E-state index contributed by atoms with van der Waals surface area (Å²) < 4.78 is 11.4. The lowest BCUT2D eigenvalue weighted by Crippen LogP contribution is -1.99. The summed E-state index contributed by atoms with van der Waals surface area (Å²) in [6, 6.07) is 3.65. The van der Waals surface area contributed by atoms with Gasteiger partial charge in [0.2, 0.25) is 0 Å². The maximum atomic E-state index is 11.7. The molecule has 1 aromatic carbocycles. The first-order valence-corrected chi connectivity index (χ1v) is 8.19. The number of unbranched alkanes of at least 4 members (excludes halogenated alkanes) is 2. The van der Waals surface area contributed by atoms with Gasteiger partial charge in [-0.25, -0.2) is 4.79 Å². The van der Waals surface area contributed by atoms with Crippen molar-refractivity contribution in [1.82, 2.24) is 0 Å². The molecule has 23 heavy (non-hydrogen) atoms. The van der Waals surface area contributed by atoms with Crippen molar-refractivity contribution in [3.05, 3.63) is 45.0 Å². The molecule has 4 heteroatoms. The van der Waals surface area contributed by atoms with Gasteiger partial charge in [-0.2, -0.15) is 0 Å². The van der Waals surface area contributed by atoms with Crippen molar-refractivity contribution in [3.8, 4) is 0 Å². The first-order chi connectivity index (χ1) is 11.0. The minimum absolute atomic E-state index is 0.317. The first kappa shape index (κ1) is 15.8. The van der Waals surface area contributed by atoms with Gasteiger partial charge < -0.3 is 14.6 Å². The number of rotatable bonds is 5. The van der Waals surface area contributed by atoms with E-state index in [0.29, 0.717) is 5.58 Å². The summed E-state index contributed by atoms with van der Waals surface area (Å²) >= 11 is 0. The van der Waals surface area contributed by atoms with Gasteiger partial charge in [-0.3, -0.25) is 0 Å². The summed E-state index contributed by atoms with van der Waals surface area (Å²) in [6.45, 7) is 6.64. The smallest absolute Gasteiger partial charge is 0.336 e. The van der Waals surface area contributed by atoms with E-state index in [1.165, 1.54) is 5.56 Å². The topological polar surface area (TPSA) is 69.4 Å². The van der Waals surface area contributed by atoms with Crippen molar-refractivity contribution in [3.63, 3.8) is 0 Å². The molecule has 0 saturated heterocycles. The molecule has 0 aliphatic rings. The van der Waals surface area contributed by atoms with E-state index in [1.54, 1.807) is 6.07 Å². The van der Waals surface area contributed by atoms with Crippen molar-refractivity contribution >= 4 is 21.9 Å². The Balaban J connectivity index is 2.16. The average Bonchev–Trinajstić information content (AvgIpc) is 2.82. The van der Waals surface area contributed by atoms with Crippen LogP contribution in [0.1, 0.15) is 41.7 Å². The largest absolute Gasteiger partial charge is 0.461 e. The highest BCUT2D eigenvalue weighted by molar-refractivity contribution is 5.99. The standard InChI is InChI=1S/C19H23NO3/c1-11-9-17(21)23-18-12(2)19-16(10-15(11)18)14(13(3)22-19)7-5-4-6-8-20/h9-10H,4-8,20H2,1-3H3. The fourth-order valence-corrected chi connectivity index (χ4v) is 3.29. The summed E-state index contributed by atoms with van der Waals surface area (Å²) in [7, 11) is 0. The Labute approximate surface area is 135 Å². The van der Waals surface area contributed by atoms with Crippen molar-refractivity contribution in [1.29, 1.82) is 0 Å². The molecule has 3 rings (SSSR count). The highest BCUT2D eigenvalue weighted by Crippen LogP contribution is 2.34. The van der Waals surface area contributed by atoms with E-state index in [2.05, 4.69) is 6.07 Å². The lowest BCUT2D eigenvalue weighted by Gasteiger charge is -2.05. The maximum Gasteiger partial charge on any atom is 0.336 e. The summed E-state index contributed by atoms with van der Waals surface area (Å²) in [5.74, 6) is 0.950. The zero-order valence-electron chi connectivity index (χ0n) is 14.0. The fraction of sp³-hybridized carbons (Fsp3) is 0.421. The zero-order valence-corrected chi connectivity index (χ0v) is 14.0. The van der Waals surface area contributed by atoms with Crippen LogP contribution in [0.4, 0.5) is 0 Å². The van der Waals surface area contributed by atoms with Gasteiger partial charge in [0, 0.05) is 28.0 Å². The normalized spacial score (nSPS) is 11.7. The monoisotopic (exact) mass is 313 g/mol. The Kier molecular flexibility index (Phi) is 4.26. The van der Waals surface area contributed by atoms with Gasteiger partial charge >= 0.3 is 5.63 Å². The van der Waals surface area contributed by atoms with Crippen LogP contribution >= 0.6 is 0 Å². The van der Waals surface area contributed by atoms with Gasteiger partial charge in [0.15, 0.2) is 0 Å². The van der Waals surface area contributed by atoms with E-state index in [4.69, 9.17) is 14.6 Å². The van der Waals surface area contributed by atoms with Crippen molar-refractivity contribution < 1.29 is 8.83 Å². The summed E-state index contributed by atoms with van der Waals surface area (Å²) in [4.78, 5) is 11.7. The lowest BCUT2D eigenvalue weighted by atomic mass is 9.99. The van der Waals surface area contributed by atoms with Crippen LogP contribution < -0.4 is 11.4 Å². The second kappa shape index (κ2) is 6.20. The predicted octanol–water partition coefficient (Wildman–Crippen LogP) is 4.14. The van der Waals surface area contributed by atoms with Gasteiger partial charge in [-0.05, 0) is 58.2 Å². The van der Waals surface area contributed by atoms with Gasteiger partial charge in [0.05, 0.1) is 0 Å². The molecule has 0 unspecified atom stereocenters. The van der Waals surface area contributed by atoms with Gasteiger partial charge in [0.25, 0.3) is 0 Å². The van der Waals surface area contributed by atoms with E-state index in [0.717, 1.165) is 65.5 Å². The Morgan fingerprint density at radius 3 is 2.43 bits per heavy atom. The van der Waals surface area contributed by atoms with Crippen molar-refractivity contribution in [2.45, 2.75) is 46.5 Å². The van der Waals surface area contributed by atoms with Gasteiger partial charge in [-0.15, -0.1) is 0 Å². The minimum Gasteiger partial charge on any atom is -0.461 e. The molecule has 0 fully saturated rings. The Hall–Kier alpha value is -2.07. The molecule has 2 aromatic heterocycles. The number of furan rings is 1. The van der Waals surface area contributed by atoms with E-state index >= 15 is 0 Å². The number of aryl methyl sites for hydroxylation is 4. The van der Waals surface area contributed by atoms with Crippen molar-refractivity contribution in [2.75, 3.05) is 6.54 Å². The molecule has 0 bridgehead atoms. The summed E-state index contributed by atoms with van der Waals surface area (Å²) in [6.07, 6.45) is 4.27. The molecule has 0 spiro atoms. The van der Waals surface area contributed by atoms with Crippen LogP contribution in [0.5, 0.6) is 0 Å². The Morgan fingerprint density at radius 1 is 0.957 bits per heavy atom. The fourth-order valence-electron chi connectivity index (χ4n) is 3.29. The number of nitrogens with two attached hydrogens (primary N) is 1. The van der Waals surface area contributed by atoms with E-state index in [9.17, 15) is 4.79 Å². The van der Waals surface area contributed by atoms with Gasteiger partial charge in [-0.1, -0.05) is 6.42 Å². The second-order valence-corrected chi connectivity index (χ2v) is 6.24. The molecule has 0 saturated carbocycles. The van der Waals surface area contributed by atoms with Crippen LogP contribution in [0.15, 0.2) is 25.8 Å². The number of benzene rings is 1.